The molecule has 1 aliphatic rings. The third kappa shape index (κ3) is 5.30. The summed E-state index contributed by atoms with van der Waals surface area (Å²) in [6.07, 6.45) is 2.88. The summed E-state index contributed by atoms with van der Waals surface area (Å²) in [5, 5.41) is 13.0. The van der Waals surface area contributed by atoms with E-state index in [2.05, 4.69) is 26.2 Å². The van der Waals surface area contributed by atoms with Gasteiger partial charge in [-0.1, -0.05) is 18.5 Å². The number of nitrogens with zero attached hydrogens (tertiary/aromatic N) is 2. The Labute approximate surface area is 194 Å². The summed E-state index contributed by atoms with van der Waals surface area (Å²) in [6.45, 7) is 1.80. The molecule has 0 bridgehead atoms. The SMILES string of the molecule is CCc1nc(C(=O)NCC2(O)CCC(S(C)(=O)=O)CC2)c(Cl)n1-c1ccc(Br)c(F)c1. The van der Waals surface area contributed by atoms with Crippen molar-refractivity contribution in [1.82, 2.24) is 14.9 Å². The van der Waals surface area contributed by atoms with E-state index in [1.807, 2.05) is 6.92 Å². The number of aryl methyl sites for hydroxylation is 1. The number of hydrogen-bond acceptors (Lipinski definition) is 5. The fraction of sp³-hybridized carbons (Fsp3) is 0.500. The summed E-state index contributed by atoms with van der Waals surface area (Å²) < 4.78 is 39.2. The Balaban J connectivity index is 1.75. The number of carbonyl (C=O) groups is 1. The van der Waals surface area contributed by atoms with Gasteiger partial charge in [0.25, 0.3) is 5.91 Å². The van der Waals surface area contributed by atoms with Crippen molar-refractivity contribution in [3.05, 3.63) is 45.2 Å². The van der Waals surface area contributed by atoms with E-state index in [0.29, 0.717) is 35.2 Å². The second-order valence-corrected chi connectivity index (χ2v) is 11.4. The van der Waals surface area contributed by atoms with Crippen molar-refractivity contribution in [2.24, 2.45) is 0 Å². The molecule has 1 aromatic heterocycles. The summed E-state index contributed by atoms with van der Waals surface area (Å²) >= 11 is 9.54. The van der Waals surface area contributed by atoms with Gasteiger partial charge in [0, 0.05) is 19.2 Å². The van der Waals surface area contributed by atoms with Gasteiger partial charge in [0.1, 0.15) is 26.6 Å². The molecular formula is C20H24BrClFN3O4S. The Morgan fingerprint density at radius 2 is 2.06 bits per heavy atom. The zero-order valence-corrected chi connectivity index (χ0v) is 20.3. The minimum atomic E-state index is -3.15. The minimum absolute atomic E-state index is 0.0183. The van der Waals surface area contributed by atoms with E-state index in [9.17, 15) is 22.7 Å². The molecule has 31 heavy (non-hydrogen) atoms. The number of sulfone groups is 1. The van der Waals surface area contributed by atoms with Gasteiger partial charge >= 0.3 is 0 Å². The quantitative estimate of drug-likeness (QED) is 0.589. The van der Waals surface area contributed by atoms with Crippen molar-refractivity contribution in [2.45, 2.75) is 49.9 Å². The van der Waals surface area contributed by atoms with Crippen LogP contribution < -0.4 is 5.32 Å². The molecule has 0 unspecified atom stereocenters. The first-order valence-electron chi connectivity index (χ1n) is 9.87. The molecule has 0 aliphatic heterocycles. The van der Waals surface area contributed by atoms with E-state index in [-0.39, 0.29) is 30.2 Å². The van der Waals surface area contributed by atoms with Gasteiger partial charge in [-0.15, -0.1) is 0 Å². The Hall–Kier alpha value is -1.49. The second kappa shape index (κ2) is 9.17. The van der Waals surface area contributed by atoms with E-state index in [1.54, 1.807) is 12.1 Å². The van der Waals surface area contributed by atoms with Gasteiger partial charge in [-0.3, -0.25) is 9.36 Å². The van der Waals surface area contributed by atoms with Gasteiger partial charge < -0.3 is 10.4 Å². The molecule has 0 saturated heterocycles. The molecule has 0 atom stereocenters. The maximum Gasteiger partial charge on any atom is 0.273 e. The number of rotatable bonds is 6. The Morgan fingerprint density at radius 3 is 2.61 bits per heavy atom. The van der Waals surface area contributed by atoms with E-state index in [4.69, 9.17) is 11.6 Å². The van der Waals surface area contributed by atoms with Crippen LogP contribution in [0.25, 0.3) is 5.69 Å². The van der Waals surface area contributed by atoms with Crippen LogP contribution in [-0.4, -0.2) is 52.6 Å². The first kappa shape index (κ1) is 24.2. The van der Waals surface area contributed by atoms with Crippen molar-refractivity contribution in [3.63, 3.8) is 0 Å². The number of benzene rings is 1. The Bertz CT molecular complexity index is 1100. The average molecular weight is 537 g/mol. The summed E-state index contributed by atoms with van der Waals surface area (Å²) in [5.41, 5.74) is -0.768. The van der Waals surface area contributed by atoms with Crippen LogP contribution in [0.3, 0.4) is 0 Å². The van der Waals surface area contributed by atoms with Gasteiger partial charge in [-0.05, 0) is 59.8 Å². The average Bonchev–Trinajstić information content (AvgIpc) is 3.04. The molecule has 0 radical (unpaired) electrons. The topological polar surface area (TPSA) is 101 Å². The molecule has 2 N–H and O–H groups in total. The molecule has 2 aromatic rings. The van der Waals surface area contributed by atoms with Gasteiger partial charge in [-0.2, -0.15) is 0 Å². The van der Waals surface area contributed by atoms with Crippen LogP contribution in [-0.2, 0) is 16.3 Å². The lowest BCUT2D eigenvalue weighted by Gasteiger charge is -2.35. The number of aromatic nitrogens is 2. The highest BCUT2D eigenvalue weighted by molar-refractivity contribution is 9.10. The normalized spacial score (nSPS) is 21.8. The predicted octanol–water partition coefficient (Wildman–Crippen LogP) is 3.44. The lowest BCUT2D eigenvalue weighted by Crippen LogP contribution is -2.47. The Kier molecular flexibility index (Phi) is 7.15. The predicted molar refractivity (Wildman–Crippen MR) is 120 cm³/mol. The van der Waals surface area contributed by atoms with E-state index < -0.39 is 32.4 Å². The number of amides is 1. The second-order valence-electron chi connectivity index (χ2n) is 7.89. The highest BCUT2D eigenvalue weighted by Crippen LogP contribution is 2.31. The largest absolute Gasteiger partial charge is 0.388 e. The van der Waals surface area contributed by atoms with Gasteiger partial charge in [0.15, 0.2) is 5.69 Å². The highest BCUT2D eigenvalue weighted by atomic mass is 79.9. The Morgan fingerprint density at radius 1 is 1.42 bits per heavy atom. The highest BCUT2D eigenvalue weighted by Gasteiger charge is 2.37. The fourth-order valence-corrected chi connectivity index (χ4v) is 5.44. The molecule has 3 rings (SSSR count). The number of aliphatic hydroxyl groups is 1. The van der Waals surface area contributed by atoms with Crippen LogP contribution in [0.15, 0.2) is 22.7 Å². The number of nitrogens with one attached hydrogen (secondary N) is 1. The van der Waals surface area contributed by atoms with Crippen molar-refractivity contribution < 1.29 is 22.7 Å². The van der Waals surface area contributed by atoms with Crippen LogP contribution in [0.2, 0.25) is 5.15 Å². The number of carbonyl (C=O) groups excluding carboxylic acids is 1. The summed E-state index contributed by atoms with van der Waals surface area (Å²) in [7, 11) is -3.15. The minimum Gasteiger partial charge on any atom is -0.388 e. The van der Waals surface area contributed by atoms with Crippen LogP contribution >= 0.6 is 27.5 Å². The molecular weight excluding hydrogens is 513 g/mol. The molecule has 1 amide bonds. The summed E-state index contributed by atoms with van der Waals surface area (Å²) in [4.78, 5) is 17.1. The number of imidazole rings is 1. The van der Waals surface area contributed by atoms with E-state index >= 15 is 0 Å². The lowest BCUT2D eigenvalue weighted by atomic mass is 9.84. The third-order valence-electron chi connectivity index (χ3n) is 5.63. The molecule has 11 heteroatoms. The third-order valence-corrected chi connectivity index (χ3v) is 8.30. The molecule has 1 aliphatic carbocycles. The van der Waals surface area contributed by atoms with Crippen molar-refractivity contribution >= 4 is 43.3 Å². The maximum atomic E-state index is 14.0. The number of hydrogen-bond donors (Lipinski definition) is 2. The zero-order valence-electron chi connectivity index (χ0n) is 17.2. The molecule has 1 fully saturated rings. The van der Waals surface area contributed by atoms with Crippen molar-refractivity contribution in [2.75, 3.05) is 12.8 Å². The van der Waals surface area contributed by atoms with Crippen LogP contribution in [0.4, 0.5) is 4.39 Å². The monoisotopic (exact) mass is 535 g/mol. The molecule has 0 spiro atoms. The molecule has 7 nitrogen and oxygen atoms in total. The maximum absolute atomic E-state index is 14.0. The van der Waals surface area contributed by atoms with Crippen molar-refractivity contribution in [3.8, 4) is 5.69 Å². The fourth-order valence-electron chi connectivity index (χ4n) is 3.77. The van der Waals surface area contributed by atoms with Crippen molar-refractivity contribution in [1.29, 1.82) is 0 Å². The van der Waals surface area contributed by atoms with E-state index in [0.717, 1.165) is 0 Å². The summed E-state index contributed by atoms with van der Waals surface area (Å²) in [5.74, 6) is -0.541. The first-order valence-corrected chi connectivity index (χ1v) is 13.0. The smallest absolute Gasteiger partial charge is 0.273 e. The lowest BCUT2D eigenvalue weighted by molar-refractivity contribution is 0.00607. The number of halogens is 3. The summed E-state index contributed by atoms with van der Waals surface area (Å²) in [6, 6.07) is 4.49. The van der Waals surface area contributed by atoms with Gasteiger partial charge in [0.05, 0.1) is 21.0 Å². The van der Waals surface area contributed by atoms with Crippen LogP contribution in [0.5, 0.6) is 0 Å². The molecule has 1 saturated carbocycles. The van der Waals surface area contributed by atoms with Crippen LogP contribution in [0, 0.1) is 5.82 Å². The first-order chi connectivity index (χ1) is 14.4. The standard InChI is InChI=1S/C20H24BrClFN3O4S/c1-3-16-25-17(18(22)26(16)12-4-5-14(21)15(23)10-12)19(27)24-11-20(28)8-6-13(7-9-20)31(2,29)30/h4-5,10,13,28H,3,6-9,11H2,1-2H3,(H,24,27). The van der Waals surface area contributed by atoms with Gasteiger partial charge in [-0.25, -0.2) is 17.8 Å². The van der Waals surface area contributed by atoms with Crippen LogP contribution in [0.1, 0.15) is 48.9 Å². The molecule has 1 heterocycles. The zero-order chi connectivity index (χ0) is 23.0. The van der Waals surface area contributed by atoms with E-state index in [1.165, 1.54) is 16.9 Å². The molecule has 1 aromatic carbocycles. The van der Waals surface area contributed by atoms with Gasteiger partial charge in [0.2, 0.25) is 0 Å². The molecule has 170 valence electrons.